The zero-order valence-corrected chi connectivity index (χ0v) is 17.1. The van der Waals surface area contributed by atoms with E-state index in [2.05, 4.69) is 52.7 Å². The van der Waals surface area contributed by atoms with Crippen LogP contribution in [0.1, 0.15) is 22.6 Å². The monoisotopic (exact) mass is 395 g/mol. The van der Waals surface area contributed by atoms with E-state index >= 15 is 0 Å². The molecule has 3 atom stereocenters. The van der Waals surface area contributed by atoms with E-state index in [1.54, 1.807) is 7.11 Å². The van der Waals surface area contributed by atoms with Crippen molar-refractivity contribution < 1.29 is 4.74 Å². The summed E-state index contributed by atoms with van der Waals surface area (Å²) in [6, 6.07) is 28.3. The molecule has 3 aromatic carbocycles. The lowest BCUT2D eigenvalue weighted by Crippen LogP contribution is -2.72. The van der Waals surface area contributed by atoms with E-state index in [0.717, 1.165) is 30.9 Å². The third-order valence-electron chi connectivity index (χ3n) is 6.58. The molecule has 0 aromatic heterocycles. The molecule has 0 amide bonds. The van der Waals surface area contributed by atoms with Crippen LogP contribution in [0.15, 0.2) is 72.8 Å². The third kappa shape index (κ3) is 3.27. The van der Waals surface area contributed by atoms with Crippen molar-refractivity contribution in [1.82, 2.24) is 10.2 Å². The number of benzene rings is 3. The van der Waals surface area contributed by atoms with E-state index < -0.39 is 0 Å². The Morgan fingerprint density at radius 1 is 0.933 bits per heavy atom. The second-order valence-corrected chi connectivity index (χ2v) is 8.11. The van der Waals surface area contributed by atoms with Crippen molar-refractivity contribution >= 4 is 0 Å². The second-order valence-electron chi connectivity index (χ2n) is 8.11. The Labute approximate surface area is 177 Å². The minimum Gasteiger partial charge on any atom is -0.496 e. The van der Waals surface area contributed by atoms with Crippen LogP contribution in [0.2, 0.25) is 0 Å². The number of nitrogens with zero attached hydrogens (tertiary/aromatic N) is 2. The first-order valence-corrected chi connectivity index (χ1v) is 10.5. The van der Waals surface area contributed by atoms with E-state index in [1.165, 1.54) is 16.7 Å². The van der Waals surface area contributed by atoms with Crippen molar-refractivity contribution in [2.24, 2.45) is 0 Å². The van der Waals surface area contributed by atoms with Gasteiger partial charge in [0.05, 0.1) is 18.7 Å². The van der Waals surface area contributed by atoms with E-state index in [4.69, 9.17) is 10.00 Å². The van der Waals surface area contributed by atoms with Crippen molar-refractivity contribution in [2.45, 2.75) is 24.5 Å². The van der Waals surface area contributed by atoms with E-state index in [1.807, 2.05) is 36.4 Å². The Bertz CT molecular complexity index is 1060. The highest BCUT2D eigenvalue weighted by Crippen LogP contribution is 2.44. The summed E-state index contributed by atoms with van der Waals surface area (Å²) >= 11 is 0. The maximum absolute atomic E-state index is 8.99. The molecule has 2 saturated heterocycles. The summed E-state index contributed by atoms with van der Waals surface area (Å²) < 4.78 is 5.56. The molecule has 1 N–H and O–H groups in total. The Morgan fingerprint density at radius 2 is 1.57 bits per heavy atom. The molecule has 0 aliphatic carbocycles. The summed E-state index contributed by atoms with van der Waals surface area (Å²) in [4.78, 5) is 2.62. The van der Waals surface area contributed by atoms with Gasteiger partial charge in [-0.2, -0.15) is 5.26 Å². The smallest absolute Gasteiger partial charge is 0.123 e. The summed E-state index contributed by atoms with van der Waals surface area (Å²) in [7, 11) is 1.75. The molecule has 0 saturated carbocycles. The summed E-state index contributed by atoms with van der Waals surface area (Å²) in [6.45, 7) is 2.97. The number of nitrogens with one attached hydrogen (secondary N) is 1. The largest absolute Gasteiger partial charge is 0.496 e. The molecule has 4 nitrogen and oxygen atoms in total. The number of hydrogen-bond acceptors (Lipinski definition) is 4. The zero-order chi connectivity index (χ0) is 20.5. The van der Waals surface area contributed by atoms with Gasteiger partial charge in [0.2, 0.25) is 0 Å². The van der Waals surface area contributed by atoms with Gasteiger partial charge in [0.1, 0.15) is 5.75 Å². The molecule has 3 aromatic rings. The van der Waals surface area contributed by atoms with E-state index in [-0.39, 0.29) is 0 Å². The fraction of sp³-hybridized carbons (Fsp3) is 0.269. The molecule has 0 spiro atoms. The average Bonchev–Trinajstić information content (AvgIpc) is 2.83. The lowest BCUT2D eigenvalue weighted by atomic mass is 9.72. The summed E-state index contributed by atoms with van der Waals surface area (Å²) in [5, 5.41) is 12.6. The van der Waals surface area contributed by atoms with Crippen LogP contribution in [0, 0.1) is 11.3 Å². The fourth-order valence-electron chi connectivity index (χ4n) is 5.03. The molecule has 1 unspecified atom stereocenters. The molecular weight excluding hydrogens is 370 g/mol. The van der Waals surface area contributed by atoms with Crippen molar-refractivity contribution in [1.29, 1.82) is 5.26 Å². The lowest BCUT2D eigenvalue weighted by molar-refractivity contribution is -0.0487. The van der Waals surface area contributed by atoms with Gasteiger partial charge >= 0.3 is 0 Å². The number of methoxy groups -OCH3 is 1. The van der Waals surface area contributed by atoms with Crippen molar-refractivity contribution in [3.8, 4) is 22.9 Å². The minimum atomic E-state index is 0.509. The van der Waals surface area contributed by atoms with Crippen LogP contribution >= 0.6 is 0 Å². The topological polar surface area (TPSA) is 48.3 Å². The molecule has 2 bridgehead atoms. The molecule has 2 aliphatic heterocycles. The average molecular weight is 396 g/mol. The first-order valence-electron chi connectivity index (χ1n) is 10.5. The number of para-hydroxylation sites is 1. The number of piperidine rings is 1. The molecule has 2 aliphatic rings. The number of hydrogen-bond donors (Lipinski definition) is 1. The number of rotatable bonds is 5. The Morgan fingerprint density at radius 3 is 2.20 bits per heavy atom. The fourth-order valence-corrected chi connectivity index (χ4v) is 5.03. The molecular formula is C26H25N3O. The van der Waals surface area contributed by atoms with Crippen molar-refractivity contribution in [3.63, 3.8) is 0 Å². The van der Waals surface area contributed by atoms with Gasteiger partial charge in [-0.3, -0.25) is 4.90 Å². The Kier molecular flexibility index (Phi) is 5.00. The van der Waals surface area contributed by atoms with Gasteiger partial charge in [0.15, 0.2) is 0 Å². The first-order chi connectivity index (χ1) is 14.8. The lowest BCUT2D eigenvalue weighted by Gasteiger charge is -2.59. The molecule has 5 rings (SSSR count). The Balaban J connectivity index is 1.33. The van der Waals surface area contributed by atoms with Gasteiger partial charge in [-0.05, 0) is 34.9 Å². The van der Waals surface area contributed by atoms with Crippen LogP contribution in [0.25, 0.3) is 11.1 Å². The highest BCUT2D eigenvalue weighted by atomic mass is 16.5. The first kappa shape index (κ1) is 18.9. The van der Waals surface area contributed by atoms with Gasteiger partial charge in [0, 0.05) is 43.2 Å². The predicted octanol–water partition coefficient (Wildman–Crippen LogP) is 4.17. The van der Waals surface area contributed by atoms with E-state index in [0.29, 0.717) is 23.6 Å². The van der Waals surface area contributed by atoms with Gasteiger partial charge in [0.25, 0.3) is 0 Å². The van der Waals surface area contributed by atoms with Crippen LogP contribution in [0.4, 0.5) is 0 Å². The Hall–Kier alpha value is -3.13. The number of piperazine rings is 1. The molecule has 150 valence electrons. The molecule has 2 heterocycles. The quantitative estimate of drug-likeness (QED) is 0.704. The summed E-state index contributed by atoms with van der Waals surface area (Å²) in [5.74, 6) is 1.54. The third-order valence-corrected chi connectivity index (χ3v) is 6.58. The minimum absolute atomic E-state index is 0.509. The summed E-state index contributed by atoms with van der Waals surface area (Å²) in [5.41, 5.74) is 5.71. The second kappa shape index (κ2) is 7.95. The molecule has 4 heteroatoms. The number of fused-ring (bicyclic) bond motifs is 2. The highest BCUT2D eigenvalue weighted by Gasteiger charge is 2.51. The van der Waals surface area contributed by atoms with Gasteiger partial charge in [-0.25, -0.2) is 0 Å². The molecule has 30 heavy (non-hydrogen) atoms. The standard InChI is InChI=1S/C26H25N3O/c1-30-25-5-3-2-4-22(25)17-29-23-15-28-16-24(29)26(23)21-12-10-20(11-13-21)19-8-6-18(14-27)7-9-19/h2-13,23-24,26,28H,15-17H2,1H3/t23-,24+,26?. The van der Waals surface area contributed by atoms with Gasteiger partial charge < -0.3 is 10.1 Å². The molecule has 0 radical (unpaired) electrons. The molecule has 2 fully saturated rings. The van der Waals surface area contributed by atoms with Crippen LogP contribution in [0.5, 0.6) is 5.75 Å². The number of ether oxygens (including phenoxy) is 1. The summed E-state index contributed by atoms with van der Waals surface area (Å²) in [6.07, 6.45) is 0. The number of nitriles is 1. The van der Waals surface area contributed by atoms with Crippen LogP contribution in [-0.2, 0) is 6.54 Å². The van der Waals surface area contributed by atoms with E-state index in [9.17, 15) is 0 Å². The van der Waals surface area contributed by atoms with Gasteiger partial charge in [-0.1, -0.05) is 54.6 Å². The van der Waals surface area contributed by atoms with Crippen molar-refractivity contribution in [3.05, 3.63) is 89.5 Å². The zero-order valence-electron chi connectivity index (χ0n) is 17.1. The van der Waals surface area contributed by atoms with Gasteiger partial charge in [-0.15, -0.1) is 0 Å². The van der Waals surface area contributed by atoms with Crippen LogP contribution in [-0.4, -0.2) is 37.2 Å². The van der Waals surface area contributed by atoms with Crippen molar-refractivity contribution in [2.75, 3.05) is 20.2 Å². The van der Waals surface area contributed by atoms with Crippen LogP contribution < -0.4 is 10.1 Å². The highest BCUT2D eigenvalue weighted by molar-refractivity contribution is 5.64. The SMILES string of the molecule is COc1ccccc1CN1[C@@H]2CNC[C@H]1C2c1ccc(-c2ccc(C#N)cc2)cc1. The maximum atomic E-state index is 8.99. The normalized spacial score (nSPS) is 22.7. The maximum Gasteiger partial charge on any atom is 0.123 e. The van der Waals surface area contributed by atoms with Crippen LogP contribution in [0.3, 0.4) is 0 Å². The predicted molar refractivity (Wildman–Crippen MR) is 118 cm³/mol.